The second-order valence-corrected chi connectivity index (χ2v) is 4.44. The van der Waals surface area contributed by atoms with Gasteiger partial charge in [-0.3, -0.25) is 0 Å². The van der Waals surface area contributed by atoms with Crippen molar-refractivity contribution in [3.8, 4) is 11.5 Å². The fourth-order valence-electron chi connectivity index (χ4n) is 2.11. The van der Waals surface area contributed by atoms with Crippen molar-refractivity contribution in [2.45, 2.75) is 25.4 Å². The second kappa shape index (κ2) is 6.43. The van der Waals surface area contributed by atoms with Crippen LogP contribution in [0.25, 0.3) is 0 Å². The highest BCUT2D eigenvalue weighted by Crippen LogP contribution is 2.31. The van der Waals surface area contributed by atoms with E-state index >= 15 is 0 Å². The van der Waals surface area contributed by atoms with Gasteiger partial charge in [-0.2, -0.15) is 0 Å². The van der Waals surface area contributed by atoms with E-state index in [-0.39, 0.29) is 17.4 Å². The lowest BCUT2D eigenvalue weighted by atomic mass is 10.1. The van der Waals surface area contributed by atoms with Crippen LogP contribution in [0.15, 0.2) is 18.2 Å². The second-order valence-electron chi connectivity index (χ2n) is 4.44. The van der Waals surface area contributed by atoms with E-state index in [4.69, 9.17) is 19.3 Å². The number of hydrogen-bond acceptors (Lipinski definition) is 4. The van der Waals surface area contributed by atoms with E-state index in [2.05, 4.69) is 0 Å². The highest BCUT2D eigenvalue weighted by molar-refractivity contribution is 5.92. The first-order valence-corrected chi connectivity index (χ1v) is 6.37. The van der Waals surface area contributed by atoms with Gasteiger partial charge in [-0.15, -0.1) is 0 Å². The van der Waals surface area contributed by atoms with E-state index in [1.165, 1.54) is 13.2 Å². The number of carbonyl (C=O) groups is 1. The van der Waals surface area contributed by atoms with Crippen LogP contribution in [0.1, 0.15) is 29.6 Å². The lowest BCUT2D eigenvalue weighted by molar-refractivity contribution is -0.0117. The minimum absolute atomic E-state index is 0.0281. The average molecular weight is 266 g/mol. The summed E-state index contributed by atoms with van der Waals surface area (Å²) in [5.41, 5.74) is 0.107. The van der Waals surface area contributed by atoms with Crippen LogP contribution in [0, 0.1) is 0 Å². The Morgan fingerprint density at radius 2 is 2.32 bits per heavy atom. The summed E-state index contributed by atoms with van der Waals surface area (Å²) in [6, 6.07) is 4.82. The molecule has 1 atom stereocenters. The summed E-state index contributed by atoms with van der Waals surface area (Å²) >= 11 is 0. The van der Waals surface area contributed by atoms with Crippen LogP contribution in [0.3, 0.4) is 0 Å². The zero-order valence-corrected chi connectivity index (χ0v) is 10.9. The molecule has 104 valence electrons. The number of ether oxygens (including phenoxy) is 3. The van der Waals surface area contributed by atoms with Crippen molar-refractivity contribution in [1.29, 1.82) is 0 Å². The molecule has 0 radical (unpaired) electrons. The van der Waals surface area contributed by atoms with Crippen molar-refractivity contribution >= 4 is 5.97 Å². The standard InChI is InChI=1S/C14H18O5/c1-17-12-7-4-6-11(14(15)16)13(12)19-9-10-5-2-3-8-18-10/h4,6-7,10H,2-3,5,8-9H2,1H3,(H,15,16). The maximum Gasteiger partial charge on any atom is 0.339 e. The highest BCUT2D eigenvalue weighted by atomic mass is 16.5. The highest BCUT2D eigenvalue weighted by Gasteiger charge is 2.19. The van der Waals surface area contributed by atoms with Gasteiger partial charge in [-0.05, 0) is 31.4 Å². The first kappa shape index (κ1) is 13.7. The van der Waals surface area contributed by atoms with Gasteiger partial charge in [-0.25, -0.2) is 4.79 Å². The number of aromatic carboxylic acids is 1. The summed E-state index contributed by atoms with van der Waals surface area (Å²) in [5, 5.41) is 9.16. The molecule has 0 amide bonds. The molecule has 1 aromatic rings. The molecule has 5 heteroatoms. The van der Waals surface area contributed by atoms with Gasteiger partial charge in [0.25, 0.3) is 0 Å². The number of methoxy groups -OCH3 is 1. The molecule has 1 unspecified atom stereocenters. The molecule has 1 aliphatic heterocycles. The quantitative estimate of drug-likeness (QED) is 0.886. The molecule has 0 spiro atoms. The zero-order chi connectivity index (χ0) is 13.7. The molecule has 0 saturated carbocycles. The van der Waals surface area contributed by atoms with Gasteiger partial charge < -0.3 is 19.3 Å². The van der Waals surface area contributed by atoms with E-state index in [0.717, 1.165) is 25.9 Å². The molecule has 19 heavy (non-hydrogen) atoms. The fraction of sp³-hybridized carbons (Fsp3) is 0.500. The summed E-state index contributed by atoms with van der Waals surface area (Å²) in [4.78, 5) is 11.2. The number of carboxylic acids is 1. The molecule has 1 aromatic carbocycles. The Kier molecular flexibility index (Phi) is 4.63. The Morgan fingerprint density at radius 1 is 1.47 bits per heavy atom. The van der Waals surface area contributed by atoms with Gasteiger partial charge in [0.05, 0.1) is 13.2 Å². The minimum Gasteiger partial charge on any atom is -0.493 e. The lowest BCUT2D eigenvalue weighted by Crippen LogP contribution is -2.26. The molecule has 0 aliphatic carbocycles. The Labute approximate surface area is 112 Å². The predicted octanol–water partition coefficient (Wildman–Crippen LogP) is 2.34. The van der Waals surface area contributed by atoms with E-state index in [1.54, 1.807) is 12.1 Å². The molecule has 0 aromatic heterocycles. The fourth-order valence-corrected chi connectivity index (χ4v) is 2.11. The predicted molar refractivity (Wildman–Crippen MR) is 69.0 cm³/mol. The molecule has 1 fully saturated rings. The molecule has 1 heterocycles. The third-order valence-corrected chi connectivity index (χ3v) is 3.12. The van der Waals surface area contributed by atoms with Gasteiger partial charge in [0.1, 0.15) is 12.2 Å². The van der Waals surface area contributed by atoms with E-state index in [1.807, 2.05) is 0 Å². The average Bonchev–Trinajstić information content (AvgIpc) is 2.45. The van der Waals surface area contributed by atoms with Crippen LogP contribution >= 0.6 is 0 Å². The summed E-state index contributed by atoms with van der Waals surface area (Å²) in [6.07, 6.45) is 3.16. The topological polar surface area (TPSA) is 65.0 Å². The van der Waals surface area contributed by atoms with Gasteiger partial charge in [0.2, 0.25) is 0 Å². The van der Waals surface area contributed by atoms with Crippen molar-refractivity contribution in [3.63, 3.8) is 0 Å². The largest absolute Gasteiger partial charge is 0.493 e. The molecule has 0 bridgehead atoms. The molecule has 5 nitrogen and oxygen atoms in total. The zero-order valence-electron chi connectivity index (χ0n) is 10.9. The van der Waals surface area contributed by atoms with Crippen LogP contribution in [0.2, 0.25) is 0 Å². The van der Waals surface area contributed by atoms with Gasteiger partial charge in [0, 0.05) is 6.61 Å². The van der Waals surface area contributed by atoms with Crippen LogP contribution in [-0.4, -0.2) is 37.5 Å². The molecular formula is C14H18O5. The Bertz CT molecular complexity index is 437. The van der Waals surface area contributed by atoms with Gasteiger partial charge in [0.15, 0.2) is 11.5 Å². The molecule has 2 rings (SSSR count). The van der Waals surface area contributed by atoms with Crippen molar-refractivity contribution in [1.82, 2.24) is 0 Å². The summed E-state index contributed by atoms with van der Waals surface area (Å²) in [6.45, 7) is 1.09. The van der Waals surface area contributed by atoms with E-state index in [9.17, 15) is 4.79 Å². The third-order valence-electron chi connectivity index (χ3n) is 3.12. The summed E-state index contributed by atoms with van der Waals surface area (Å²) < 4.78 is 16.3. The monoisotopic (exact) mass is 266 g/mol. The molecule has 1 N–H and O–H groups in total. The van der Waals surface area contributed by atoms with Crippen molar-refractivity contribution in [2.75, 3.05) is 20.3 Å². The van der Waals surface area contributed by atoms with Crippen LogP contribution in [0.5, 0.6) is 11.5 Å². The SMILES string of the molecule is COc1cccc(C(=O)O)c1OCC1CCCCO1. The van der Waals surface area contributed by atoms with Crippen molar-refractivity contribution < 1.29 is 24.1 Å². The number of hydrogen-bond donors (Lipinski definition) is 1. The smallest absolute Gasteiger partial charge is 0.339 e. The van der Waals surface area contributed by atoms with E-state index < -0.39 is 5.97 Å². The Morgan fingerprint density at radius 3 is 2.95 bits per heavy atom. The normalized spacial score (nSPS) is 18.9. The van der Waals surface area contributed by atoms with Crippen LogP contribution in [-0.2, 0) is 4.74 Å². The molecule has 1 saturated heterocycles. The van der Waals surface area contributed by atoms with Gasteiger partial charge in [-0.1, -0.05) is 6.07 Å². The molecular weight excluding hydrogens is 248 g/mol. The first-order chi connectivity index (χ1) is 9.22. The number of carboxylic acid groups (broad SMARTS) is 1. The third kappa shape index (κ3) is 3.38. The first-order valence-electron chi connectivity index (χ1n) is 6.37. The van der Waals surface area contributed by atoms with Crippen molar-refractivity contribution in [3.05, 3.63) is 23.8 Å². The summed E-state index contributed by atoms with van der Waals surface area (Å²) in [7, 11) is 1.49. The molecule has 1 aliphatic rings. The Balaban J connectivity index is 2.10. The number of para-hydroxylation sites is 1. The maximum absolute atomic E-state index is 11.2. The lowest BCUT2D eigenvalue weighted by Gasteiger charge is -2.23. The van der Waals surface area contributed by atoms with Gasteiger partial charge >= 0.3 is 5.97 Å². The minimum atomic E-state index is -1.03. The number of benzene rings is 1. The Hall–Kier alpha value is -1.75. The maximum atomic E-state index is 11.2. The van der Waals surface area contributed by atoms with Crippen LogP contribution < -0.4 is 9.47 Å². The van der Waals surface area contributed by atoms with E-state index in [0.29, 0.717) is 12.4 Å². The van der Waals surface area contributed by atoms with Crippen LogP contribution in [0.4, 0.5) is 0 Å². The summed E-state index contributed by atoms with van der Waals surface area (Å²) in [5.74, 6) is -0.333. The number of rotatable bonds is 5. The van der Waals surface area contributed by atoms with Crippen molar-refractivity contribution in [2.24, 2.45) is 0 Å².